The number of allylic oxidation sites excluding steroid dienone is 2. The van der Waals surface area contributed by atoms with Gasteiger partial charge in [0.05, 0.1) is 19.8 Å². The number of amides is 2. The Morgan fingerprint density at radius 2 is 2.09 bits per heavy atom. The molecule has 0 spiro atoms. The van der Waals surface area contributed by atoms with Gasteiger partial charge in [-0.1, -0.05) is 13.2 Å². The standard InChI is InChI=1S/C23H23F2N3O5/c1-4-15(25)13(10(2)24)7-26-22(30)14-8-27-9-18-28(16-6-17(33-18)12-5-11(12)16)23(31)19(27)21(32-3)20(14)29/h4,8,11-12,16-18H,1-2,5-7,9H2,3H3,(H,26,30)/b15-13+/t11-,12+,16-,17+,18?/m0/s1. The number of methoxy groups -OCH3 is 1. The van der Waals surface area contributed by atoms with Crippen LogP contribution in [0.5, 0.6) is 5.75 Å². The summed E-state index contributed by atoms with van der Waals surface area (Å²) in [5, 5.41) is 2.32. The number of hydrogen-bond acceptors (Lipinski definition) is 5. The molecule has 10 heteroatoms. The fraction of sp³-hybridized carbons (Fsp3) is 0.435. The molecule has 0 aromatic carbocycles. The number of nitrogens with zero attached hydrogens (tertiary/aromatic N) is 2. The molecule has 2 amide bonds. The van der Waals surface area contributed by atoms with Crippen LogP contribution >= 0.6 is 0 Å². The Hall–Kier alpha value is -3.27. The molecular weight excluding hydrogens is 436 g/mol. The van der Waals surface area contributed by atoms with E-state index in [2.05, 4.69) is 18.5 Å². The summed E-state index contributed by atoms with van der Waals surface area (Å²) < 4.78 is 40.3. The van der Waals surface area contributed by atoms with E-state index in [1.165, 1.54) is 17.9 Å². The molecule has 4 aliphatic rings. The summed E-state index contributed by atoms with van der Waals surface area (Å²) in [6.45, 7) is 5.97. The maximum atomic E-state index is 13.8. The van der Waals surface area contributed by atoms with Gasteiger partial charge in [0.2, 0.25) is 5.43 Å². The van der Waals surface area contributed by atoms with Crippen molar-refractivity contribution >= 4 is 11.8 Å². The number of fused-ring (bicyclic) bond motifs is 8. The monoisotopic (exact) mass is 459 g/mol. The van der Waals surface area contributed by atoms with Crippen LogP contribution in [0.3, 0.4) is 0 Å². The summed E-state index contributed by atoms with van der Waals surface area (Å²) in [7, 11) is 1.25. The van der Waals surface area contributed by atoms with Crippen LogP contribution in [0.2, 0.25) is 0 Å². The van der Waals surface area contributed by atoms with E-state index in [0.717, 1.165) is 18.9 Å². The third-order valence-corrected chi connectivity index (χ3v) is 7.03. The van der Waals surface area contributed by atoms with E-state index in [9.17, 15) is 23.2 Å². The van der Waals surface area contributed by atoms with Crippen LogP contribution in [0.1, 0.15) is 33.7 Å². The highest BCUT2D eigenvalue weighted by atomic mass is 19.1. The maximum absolute atomic E-state index is 13.8. The zero-order valence-electron chi connectivity index (χ0n) is 18.0. The highest BCUT2D eigenvalue weighted by molar-refractivity contribution is 5.99. The predicted molar refractivity (Wildman–Crippen MR) is 113 cm³/mol. The smallest absolute Gasteiger partial charge is 0.276 e. The number of ether oxygens (including phenoxy) is 2. The van der Waals surface area contributed by atoms with Crippen LogP contribution in [0.4, 0.5) is 8.78 Å². The molecule has 174 valence electrons. The van der Waals surface area contributed by atoms with Crippen molar-refractivity contribution < 1.29 is 27.8 Å². The second-order valence-electron chi connectivity index (χ2n) is 8.73. The van der Waals surface area contributed by atoms with Crippen molar-refractivity contribution in [2.24, 2.45) is 11.8 Å². The van der Waals surface area contributed by atoms with Gasteiger partial charge in [-0.15, -0.1) is 0 Å². The number of pyridine rings is 1. The molecule has 5 atom stereocenters. The SMILES string of the molecule is C=C/C(F)=C(/CNC(=O)c1cn2c(c(OC)c1=O)C(=O)N1C(C2)O[C@@H]2C[C@H]1[C@H]1C[C@H]12)C(=C)F. The molecule has 2 aliphatic heterocycles. The van der Waals surface area contributed by atoms with Crippen molar-refractivity contribution in [1.29, 1.82) is 0 Å². The zero-order chi connectivity index (χ0) is 23.6. The molecule has 2 saturated carbocycles. The first kappa shape index (κ1) is 21.6. The Bertz CT molecular complexity index is 1190. The Balaban J connectivity index is 1.47. The number of halogens is 2. The molecule has 1 unspecified atom stereocenters. The van der Waals surface area contributed by atoms with Gasteiger partial charge in [-0.05, 0) is 30.8 Å². The molecule has 2 aliphatic carbocycles. The topological polar surface area (TPSA) is 89.9 Å². The fourth-order valence-corrected chi connectivity index (χ4v) is 5.40. The summed E-state index contributed by atoms with van der Waals surface area (Å²) in [4.78, 5) is 40.9. The quantitative estimate of drug-likeness (QED) is 0.658. The summed E-state index contributed by atoms with van der Waals surface area (Å²) in [6.07, 6.45) is 3.53. The lowest BCUT2D eigenvalue weighted by Gasteiger charge is -2.45. The van der Waals surface area contributed by atoms with Crippen molar-refractivity contribution in [1.82, 2.24) is 14.8 Å². The first-order valence-electron chi connectivity index (χ1n) is 10.7. The first-order chi connectivity index (χ1) is 15.8. The minimum absolute atomic E-state index is 0.0665. The number of aromatic nitrogens is 1. The average Bonchev–Trinajstić information content (AvgIpc) is 3.53. The lowest BCUT2D eigenvalue weighted by Crippen LogP contribution is -2.58. The molecule has 2 bridgehead atoms. The molecule has 8 nitrogen and oxygen atoms in total. The number of nitrogens with one attached hydrogen (secondary N) is 1. The molecule has 3 heterocycles. The van der Waals surface area contributed by atoms with E-state index < -0.39 is 41.3 Å². The second-order valence-corrected chi connectivity index (χ2v) is 8.73. The van der Waals surface area contributed by atoms with Crippen molar-refractivity contribution in [3.63, 3.8) is 0 Å². The van der Waals surface area contributed by atoms with Gasteiger partial charge in [-0.3, -0.25) is 14.4 Å². The van der Waals surface area contributed by atoms with Gasteiger partial charge < -0.3 is 24.3 Å². The van der Waals surface area contributed by atoms with E-state index in [-0.39, 0.29) is 41.6 Å². The first-order valence-corrected chi connectivity index (χ1v) is 10.7. The van der Waals surface area contributed by atoms with Gasteiger partial charge in [0.15, 0.2) is 17.7 Å². The van der Waals surface area contributed by atoms with Crippen LogP contribution < -0.4 is 15.5 Å². The van der Waals surface area contributed by atoms with Gasteiger partial charge in [0.1, 0.15) is 17.2 Å². The predicted octanol–water partition coefficient (Wildman–Crippen LogP) is 2.07. The van der Waals surface area contributed by atoms with E-state index in [0.29, 0.717) is 11.8 Å². The van der Waals surface area contributed by atoms with Crippen molar-refractivity contribution in [2.45, 2.75) is 37.8 Å². The van der Waals surface area contributed by atoms with Gasteiger partial charge in [-0.2, -0.15) is 0 Å². The molecule has 5 rings (SSSR count). The number of carbonyl (C=O) groups excluding carboxylic acids is 2. The molecule has 33 heavy (non-hydrogen) atoms. The normalized spacial score (nSPS) is 29.4. The van der Waals surface area contributed by atoms with E-state index in [1.807, 2.05) is 0 Å². The van der Waals surface area contributed by atoms with E-state index >= 15 is 0 Å². The summed E-state index contributed by atoms with van der Waals surface area (Å²) >= 11 is 0. The number of rotatable bonds is 6. The molecule has 1 N–H and O–H groups in total. The number of carbonyl (C=O) groups is 2. The van der Waals surface area contributed by atoms with Crippen LogP contribution in [-0.2, 0) is 11.3 Å². The van der Waals surface area contributed by atoms with Crippen molar-refractivity contribution in [2.75, 3.05) is 13.7 Å². The van der Waals surface area contributed by atoms with Gasteiger partial charge in [-0.25, -0.2) is 8.78 Å². The third kappa shape index (κ3) is 3.23. The highest BCUT2D eigenvalue weighted by Gasteiger charge is 2.63. The lowest BCUT2D eigenvalue weighted by molar-refractivity contribution is -0.144. The Labute approximate surface area is 188 Å². The van der Waals surface area contributed by atoms with E-state index in [4.69, 9.17) is 9.47 Å². The lowest BCUT2D eigenvalue weighted by atomic mass is 10.0. The summed E-state index contributed by atoms with van der Waals surface area (Å²) in [5.74, 6) is -2.62. The van der Waals surface area contributed by atoms with E-state index in [1.54, 1.807) is 4.90 Å². The minimum Gasteiger partial charge on any atom is -0.491 e. The summed E-state index contributed by atoms with van der Waals surface area (Å²) in [5.41, 5.74) is -1.52. The molecule has 0 radical (unpaired) electrons. The minimum atomic E-state index is -1.07. The molecule has 1 aromatic rings. The molecule has 1 saturated heterocycles. The molecule has 1 aromatic heterocycles. The fourth-order valence-electron chi connectivity index (χ4n) is 5.40. The van der Waals surface area contributed by atoms with Crippen molar-refractivity contribution in [3.05, 3.63) is 64.1 Å². The average molecular weight is 459 g/mol. The van der Waals surface area contributed by atoms with Crippen molar-refractivity contribution in [3.8, 4) is 5.75 Å². The Morgan fingerprint density at radius 3 is 2.76 bits per heavy atom. The van der Waals surface area contributed by atoms with Crippen LogP contribution in [0.25, 0.3) is 0 Å². The Kier molecular flexibility index (Phi) is 5.00. The largest absolute Gasteiger partial charge is 0.491 e. The molecule has 3 fully saturated rings. The Morgan fingerprint density at radius 1 is 1.33 bits per heavy atom. The van der Waals surface area contributed by atoms with Crippen LogP contribution in [-0.4, -0.2) is 53.3 Å². The zero-order valence-corrected chi connectivity index (χ0v) is 18.0. The van der Waals surface area contributed by atoms with Gasteiger partial charge in [0, 0.05) is 24.4 Å². The maximum Gasteiger partial charge on any atom is 0.276 e. The van der Waals surface area contributed by atoms with Crippen LogP contribution in [0, 0.1) is 11.8 Å². The van der Waals surface area contributed by atoms with Gasteiger partial charge >= 0.3 is 0 Å². The van der Waals surface area contributed by atoms with Crippen LogP contribution in [0.15, 0.2) is 47.5 Å². The summed E-state index contributed by atoms with van der Waals surface area (Å²) in [6, 6.07) is 0.0848. The third-order valence-electron chi connectivity index (χ3n) is 7.03. The molecular formula is C23H23F2N3O5. The second kappa shape index (κ2) is 7.65. The highest BCUT2D eigenvalue weighted by Crippen LogP contribution is 2.58. The van der Waals surface area contributed by atoms with Gasteiger partial charge in [0.25, 0.3) is 11.8 Å². The number of hydrogen-bond donors (Lipinski definition) is 1.